The summed E-state index contributed by atoms with van der Waals surface area (Å²) in [5.41, 5.74) is 2.34. The van der Waals surface area contributed by atoms with Crippen molar-refractivity contribution in [2.45, 2.75) is 0 Å². The van der Waals surface area contributed by atoms with Crippen LogP contribution in [0.3, 0.4) is 0 Å². The van der Waals surface area contributed by atoms with Crippen LogP contribution >= 0.6 is 0 Å². The molecular formula is C10H6N2O. The Morgan fingerprint density at radius 2 is 2.00 bits per heavy atom. The van der Waals surface area contributed by atoms with E-state index in [9.17, 15) is 0 Å². The Morgan fingerprint density at radius 1 is 1.08 bits per heavy atom. The Bertz CT molecular complexity index is 521. The monoisotopic (exact) mass is 170 g/mol. The summed E-state index contributed by atoms with van der Waals surface area (Å²) in [6.45, 7) is 0. The van der Waals surface area contributed by atoms with E-state index in [0.717, 1.165) is 16.4 Å². The van der Waals surface area contributed by atoms with E-state index in [1.807, 2.05) is 30.3 Å². The minimum Gasteiger partial charge on any atom is -0.425 e. The predicted octanol–water partition coefficient (Wildman–Crippen LogP) is 2.38. The molecule has 0 unspecified atom stereocenters. The second-order valence-corrected chi connectivity index (χ2v) is 2.86. The van der Waals surface area contributed by atoms with Crippen LogP contribution in [-0.4, -0.2) is 9.97 Å². The van der Waals surface area contributed by atoms with Gasteiger partial charge in [-0.3, -0.25) is 0 Å². The number of pyridine rings is 1. The minimum atomic E-state index is 0.596. The number of hydrogen-bond acceptors (Lipinski definition) is 3. The van der Waals surface area contributed by atoms with Crippen molar-refractivity contribution < 1.29 is 4.42 Å². The highest BCUT2D eigenvalue weighted by atomic mass is 16.3. The maximum absolute atomic E-state index is 5.10. The highest BCUT2D eigenvalue weighted by Gasteiger charge is 2.01. The van der Waals surface area contributed by atoms with Gasteiger partial charge in [0.05, 0.1) is 5.52 Å². The topological polar surface area (TPSA) is 38.9 Å². The fourth-order valence-electron chi connectivity index (χ4n) is 1.40. The molecule has 0 spiro atoms. The molecule has 0 bridgehead atoms. The average molecular weight is 170 g/mol. The summed E-state index contributed by atoms with van der Waals surface area (Å²) in [6.07, 6.45) is 1.41. The molecule has 2 aromatic heterocycles. The number of rotatable bonds is 0. The fourth-order valence-corrected chi connectivity index (χ4v) is 1.40. The molecule has 2 heterocycles. The van der Waals surface area contributed by atoms with Gasteiger partial charge in [-0.1, -0.05) is 18.2 Å². The summed E-state index contributed by atoms with van der Waals surface area (Å²) in [4.78, 5) is 8.35. The van der Waals surface area contributed by atoms with Gasteiger partial charge in [-0.15, -0.1) is 0 Å². The van der Waals surface area contributed by atoms with Crippen LogP contribution in [0, 0.1) is 0 Å². The molecule has 0 aliphatic carbocycles. The van der Waals surface area contributed by atoms with E-state index in [4.69, 9.17) is 4.42 Å². The van der Waals surface area contributed by atoms with Crippen molar-refractivity contribution in [3.05, 3.63) is 36.7 Å². The number of fused-ring (bicyclic) bond motifs is 2. The molecule has 3 heteroatoms. The maximum Gasteiger partial charge on any atom is 0.247 e. The van der Waals surface area contributed by atoms with Gasteiger partial charge in [-0.05, 0) is 12.1 Å². The number of oxazole rings is 1. The highest BCUT2D eigenvalue weighted by molar-refractivity contribution is 5.88. The first-order valence-electron chi connectivity index (χ1n) is 4.02. The van der Waals surface area contributed by atoms with Gasteiger partial charge in [-0.25, -0.2) is 9.97 Å². The molecule has 62 valence electrons. The van der Waals surface area contributed by atoms with Crippen LogP contribution in [0.2, 0.25) is 0 Å². The third-order valence-corrected chi connectivity index (χ3v) is 2.03. The Labute approximate surface area is 74.0 Å². The van der Waals surface area contributed by atoms with Gasteiger partial charge < -0.3 is 4.42 Å². The molecule has 0 amide bonds. The molecule has 0 aliphatic rings. The standard InChI is InChI=1S/C10H6N2O/c1-2-4-8-7(3-1)5-9-10(12-8)13-6-11-9/h1-6H. The van der Waals surface area contributed by atoms with Crippen LogP contribution < -0.4 is 0 Å². The van der Waals surface area contributed by atoms with Gasteiger partial charge in [-0.2, -0.15) is 0 Å². The van der Waals surface area contributed by atoms with Crippen LogP contribution in [0.4, 0.5) is 0 Å². The number of nitrogens with zero attached hydrogens (tertiary/aromatic N) is 2. The van der Waals surface area contributed by atoms with Crippen LogP contribution in [0.1, 0.15) is 0 Å². The van der Waals surface area contributed by atoms with Crippen molar-refractivity contribution in [1.29, 1.82) is 0 Å². The van der Waals surface area contributed by atoms with Crippen molar-refractivity contribution in [2.75, 3.05) is 0 Å². The maximum atomic E-state index is 5.10. The van der Waals surface area contributed by atoms with Gasteiger partial charge in [0.15, 0.2) is 6.39 Å². The Hall–Kier alpha value is -1.90. The van der Waals surface area contributed by atoms with Gasteiger partial charge in [0.25, 0.3) is 0 Å². The number of para-hydroxylation sites is 1. The lowest BCUT2D eigenvalue weighted by Gasteiger charge is -1.93. The van der Waals surface area contributed by atoms with E-state index < -0.39 is 0 Å². The number of hydrogen-bond donors (Lipinski definition) is 0. The van der Waals surface area contributed by atoms with Crippen molar-refractivity contribution in [1.82, 2.24) is 9.97 Å². The lowest BCUT2D eigenvalue weighted by molar-refractivity contribution is 0.592. The minimum absolute atomic E-state index is 0.596. The zero-order valence-electron chi connectivity index (χ0n) is 6.77. The molecule has 0 saturated carbocycles. The fraction of sp³-hybridized carbons (Fsp3) is 0. The Kier molecular flexibility index (Phi) is 1.16. The molecule has 0 saturated heterocycles. The zero-order valence-corrected chi connectivity index (χ0v) is 6.77. The zero-order chi connectivity index (χ0) is 8.67. The van der Waals surface area contributed by atoms with Crippen LogP contribution in [-0.2, 0) is 0 Å². The summed E-state index contributed by atoms with van der Waals surface area (Å²) in [7, 11) is 0. The van der Waals surface area contributed by atoms with Crippen molar-refractivity contribution in [2.24, 2.45) is 0 Å². The normalized spacial score (nSPS) is 11.1. The van der Waals surface area contributed by atoms with Gasteiger partial charge >= 0.3 is 0 Å². The van der Waals surface area contributed by atoms with Gasteiger partial charge in [0.2, 0.25) is 5.71 Å². The lowest BCUT2D eigenvalue weighted by atomic mass is 10.2. The van der Waals surface area contributed by atoms with Gasteiger partial charge in [0.1, 0.15) is 5.52 Å². The molecule has 0 atom stereocenters. The first-order valence-corrected chi connectivity index (χ1v) is 4.02. The molecule has 0 aliphatic heterocycles. The van der Waals surface area contributed by atoms with Crippen molar-refractivity contribution >= 4 is 22.1 Å². The number of aromatic nitrogens is 2. The molecule has 3 aromatic rings. The first-order chi connectivity index (χ1) is 6.43. The molecule has 0 radical (unpaired) electrons. The highest BCUT2D eigenvalue weighted by Crippen LogP contribution is 2.17. The van der Waals surface area contributed by atoms with E-state index in [-0.39, 0.29) is 0 Å². The Morgan fingerprint density at radius 3 is 3.00 bits per heavy atom. The molecule has 3 nitrogen and oxygen atoms in total. The third-order valence-electron chi connectivity index (χ3n) is 2.03. The predicted molar refractivity (Wildman–Crippen MR) is 49.3 cm³/mol. The molecule has 13 heavy (non-hydrogen) atoms. The molecule has 0 N–H and O–H groups in total. The van der Waals surface area contributed by atoms with Gasteiger partial charge in [0, 0.05) is 5.39 Å². The average Bonchev–Trinajstić information content (AvgIpc) is 2.61. The summed E-state index contributed by atoms with van der Waals surface area (Å²) in [5.74, 6) is 0. The van der Waals surface area contributed by atoms with E-state index >= 15 is 0 Å². The van der Waals surface area contributed by atoms with Crippen LogP contribution in [0.5, 0.6) is 0 Å². The Balaban J connectivity index is 2.57. The second kappa shape index (κ2) is 2.29. The van der Waals surface area contributed by atoms with E-state index in [1.165, 1.54) is 6.39 Å². The van der Waals surface area contributed by atoms with Crippen LogP contribution in [0.15, 0.2) is 41.1 Å². The van der Waals surface area contributed by atoms with E-state index in [1.54, 1.807) is 0 Å². The molecule has 0 fully saturated rings. The SMILES string of the molecule is c1ccc2nc3ocnc3cc2c1. The molecule has 3 rings (SSSR count). The smallest absolute Gasteiger partial charge is 0.247 e. The second-order valence-electron chi connectivity index (χ2n) is 2.86. The summed E-state index contributed by atoms with van der Waals surface area (Å²) >= 11 is 0. The summed E-state index contributed by atoms with van der Waals surface area (Å²) in [5, 5.41) is 1.09. The van der Waals surface area contributed by atoms with Crippen molar-refractivity contribution in [3.8, 4) is 0 Å². The first kappa shape index (κ1) is 6.60. The van der Waals surface area contributed by atoms with E-state index in [0.29, 0.717) is 5.71 Å². The molecular weight excluding hydrogens is 164 g/mol. The largest absolute Gasteiger partial charge is 0.425 e. The lowest BCUT2D eigenvalue weighted by Crippen LogP contribution is -1.78. The third kappa shape index (κ3) is 0.902. The summed E-state index contributed by atoms with van der Waals surface area (Å²) < 4.78 is 5.10. The van der Waals surface area contributed by atoms with Crippen LogP contribution in [0.25, 0.3) is 22.1 Å². The van der Waals surface area contributed by atoms with Crippen molar-refractivity contribution in [3.63, 3.8) is 0 Å². The number of benzene rings is 1. The molecule has 1 aromatic carbocycles. The quantitative estimate of drug-likeness (QED) is 0.520. The summed E-state index contributed by atoms with van der Waals surface area (Å²) in [6, 6.07) is 9.88. The van der Waals surface area contributed by atoms with E-state index in [2.05, 4.69) is 9.97 Å².